The lowest BCUT2D eigenvalue weighted by Gasteiger charge is -2.24. The molecule has 1 aromatic heterocycles. The van der Waals surface area contributed by atoms with Crippen LogP contribution in [0.3, 0.4) is 0 Å². The Morgan fingerprint density at radius 2 is 1.85 bits per heavy atom. The topological polar surface area (TPSA) is 3.24 Å². The van der Waals surface area contributed by atoms with Crippen molar-refractivity contribution in [2.45, 2.75) is 13.5 Å². The van der Waals surface area contributed by atoms with Gasteiger partial charge in [-0.2, -0.15) is 0 Å². The van der Waals surface area contributed by atoms with E-state index in [2.05, 4.69) is 81.7 Å². The average molecular weight is 346 g/mol. The summed E-state index contributed by atoms with van der Waals surface area (Å²) in [4.78, 5) is 3.80. The summed E-state index contributed by atoms with van der Waals surface area (Å²) < 4.78 is 1.21. The molecule has 3 heteroatoms. The third kappa shape index (κ3) is 2.60. The summed E-state index contributed by atoms with van der Waals surface area (Å²) in [7, 11) is 0. The van der Waals surface area contributed by atoms with Crippen LogP contribution in [0, 0.1) is 0 Å². The fourth-order valence-electron chi connectivity index (χ4n) is 2.46. The molecule has 0 amide bonds. The zero-order valence-corrected chi connectivity index (χ0v) is 13.7. The van der Waals surface area contributed by atoms with Gasteiger partial charge in [-0.3, -0.25) is 0 Å². The highest BCUT2D eigenvalue weighted by atomic mass is 79.9. The van der Waals surface area contributed by atoms with E-state index in [1.165, 1.54) is 25.8 Å². The molecule has 0 fully saturated rings. The predicted molar refractivity (Wildman–Crippen MR) is 92.7 cm³/mol. The van der Waals surface area contributed by atoms with E-state index in [-0.39, 0.29) is 0 Å². The summed E-state index contributed by atoms with van der Waals surface area (Å²) in [5, 5.41) is 4.76. The van der Waals surface area contributed by atoms with E-state index in [1.807, 2.05) is 0 Å². The van der Waals surface area contributed by atoms with E-state index in [4.69, 9.17) is 0 Å². The van der Waals surface area contributed by atoms with Crippen LogP contribution in [0.25, 0.3) is 10.8 Å². The van der Waals surface area contributed by atoms with Gasteiger partial charge in [0.05, 0.1) is 6.54 Å². The van der Waals surface area contributed by atoms with Crippen molar-refractivity contribution < 1.29 is 0 Å². The van der Waals surface area contributed by atoms with Gasteiger partial charge in [0.15, 0.2) is 0 Å². The predicted octanol–water partition coefficient (Wildman–Crippen LogP) is 5.69. The Balaban J connectivity index is 2.01. The van der Waals surface area contributed by atoms with Gasteiger partial charge in [-0.25, -0.2) is 0 Å². The molecule has 102 valence electrons. The first-order valence-corrected chi connectivity index (χ1v) is 8.41. The van der Waals surface area contributed by atoms with Gasteiger partial charge >= 0.3 is 0 Å². The van der Waals surface area contributed by atoms with Crippen molar-refractivity contribution in [1.82, 2.24) is 0 Å². The molecule has 0 spiro atoms. The van der Waals surface area contributed by atoms with Crippen molar-refractivity contribution in [3.8, 4) is 0 Å². The number of hydrogen-bond donors (Lipinski definition) is 0. The number of rotatable bonds is 4. The maximum Gasteiger partial charge on any atom is 0.0534 e. The molecule has 0 aliphatic carbocycles. The van der Waals surface area contributed by atoms with Crippen molar-refractivity contribution in [2.24, 2.45) is 0 Å². The fourth-order valence-corrected chi connectivity index (χ4v) is 3.95. The van der Waals surface area contributed by atoms with E-state index >= 15 is 0 Å². The number of anilines is 1. The Bertz CT molecular complexity index is 714. The van der Waals surface area contributed by atoms with Crippen molar-refractivity contribution in [3.05, 3.63) is 63.3 Å². The van der Waals surface area contributed by atoms with Gasteiger partial charge in [0.1, 0.15) is 0 Å². The lowest BCUT2D eigenvalue weighted by atomic mass is 10.1. The number of thiophene rings is 1. The van der Waals surface area contributed by atoms with Crippen LogP contribution in [-0.4, -0.2) is 6.54 Å². The third-order valence-corrected chi connectivity index (χ3v) is 5.43. The number of halogens is 1. The molecule has 2 aromatic carbocycles. The second kappa shape index (κ2) is 5.98. The fraction of sp³-hybridized carbons (Fsp3) is 0.176. The molecule has 0 atom stereocenters. The Labute approximate surface area is 132 Å². The van der Waals surface area contributed by atoms with Crippen molar-refractivity contribution in [3.63, 3.8) is 0 Å². The molecule has 1 heterocycles. The van der Waals surface area contributed by atoms with Crippen LogP contribution in [0.4, 0.5) is 5.69 Å². The zero-order chi connectivity index (χ0) is 13.9. The molecule has 0 aliphatic rings. The third-order valence-electron chi connectivity index (χ3n) is 3.51. The molecular weight excluding hydrogens is 330 g/mol. The van der Waals surface area contributed by atoms with Gasteiger partial charge in [-0.05, 0) is 45.8 Å². The SMILES string of the molecule is CCN(Cc1sccc1Br)c1cccc2ccccc12. The van der Waals surface area contributed by atoms with E-state index in [0.29, 0.717) is 0 Å². The second-order valence-electron chi connectivity index (χ2n) is 4.70. The first kappa shape index (κ1) is 13.7. The number of fused-ring (bicyclic) bond motifs is 1. The minimum Gasteiger partial charge on any atom is -0.366 e. The molecule has 20 heavy (non-hydrogen) atoms. The highest BCUT2D eigenvalue weighted by molar-refractivity contribution is 9.10. The van der Waals surface area contributed by atoms with Crippen LogP contribution in [0.15, 0.2) is 58.4 Å². The van der Waals surface area contributed by atoms with Gasteiger partial charge in [-0.15, -0.1) is 11.3 Å². The summed E-state index contributed by atoms with van der Waals surface area (Å²) in [6.45, 7) is 4.16. The highest BCUT2D eigenvalue weighted by Crippen LogP contribution is 2.30. The minimum absolute atomic E-state index is 0.947. The van der Waals surface area contributed by atoms with E-state index in [0.717, 1.165) is 13.1 Å². The molecule has 0 saturated carbocycles. The first-order valence-electron chi connectivity index (χ1n) is 6.74. The lowest BCUT2D eigenvalue weighted by molar-refractivity contribution is 0.844. The summed E-state index contributed by atoms with van der Waals surface area (Å²) in [6, 6.07) is 17.2. The quantitative estimate of drug-likeness (QED) is 0.587. The maximum atomic E-state index is 3.63. The Morgan fingerprint density at radius 3 is 2.60 bits per heavy atom. The highest BCUT2D eigenvalue weighted by Gasteiger charge is 2.11. The van der Waals surface area contributed by atoms with Gasteiger partial charge in [0, 0.05) is 27.0 Å². The lowest BCUT2D eigenvalue weighted by Crippen LogP contribution is -2.21. The number of nitrogens with zero attached hydrogens (tertiary/aromatic N) is 1. The van der Waals surface area contributed by atoms with E-state index in [9.17, 15) is 0 Å². The van der Waals surface area contributed by atoms with Crippen LogP contribution in [0.2, 0.25) is 0 Å². The standard InChI is InChI=1S/C17H16BrNS/c1-2-19(12-17-15(18)10-11-20-17)16-9-5-7-13-6-3-4-8-14(13)16/h3-11H,2,12H2,1H3. The van der Waals surface area contributed by atoms with E-state index < -0.39 is 0 Å². The Kier molecular flexibility index (Phi) is 4.08. The van der Waals surface area contributed by atoms with Crippen LogP contribution >= 0.6 is 27.3 Å². The summed E-state index contributed by atoms with van der Waals surface area (Å²) in [5.74, 6) is 0. The molecule has 0 unspecified atom stereocenters. The molecule has 0 N–H and O–H groups in total. The van der Waals surface area contributed by atoms with Crippen molar-refractivity contribution >= 4 is 43.7 Å². The summed E-state index contributed by atoms with van der Waals surface area (Å²) in [5.41, 5.74) is 1.31. The van der Waals surface area contributed by atoms with Crippen LogP contribution in [0.5, 0.6) is 0 Å². The zero-order valence-electron chi connectivity index (χ0n) is 11.3. The monoisotopic (exact) mass is 345 g/mol. The van der Waals surface area contributed by atoms with Gasteiger partial charge in [-0.1, -0.05) is 36.4 Å². The van der Waals surface area contributed by atoms with Crippen LogP contribution in [-0.2, 0) is 6.54 Å². The van der Waals surface area contributed by atoms with Crippen molar-refractivity contribution in [1.29, 1.82) is 0 Å². The number of benzene rings is 2. The van der Waals surface area contributed by atoms with Crippen LogP contribution < -0.4 is 4.90 Å². The average Bonchev–Trinajstić information content (AvgIpc) is 2.89. The van der Waals surface area contributed by atoms with Crippen molar-refractivity contribution in [2.75, 3.05) is 11.4 Å². The maximum absolute atomic E-state index is 3.63. The Morgan fingerprint density at radius 1 is 1.05 bits per heavy atom. The first-order chi connectivity index (χ1) is 9.79. The van der Waals surface area contributed by atoms with Crippen LogP contribution in [0.1, 0.15) is 11.8 Å². The van der Waals surface area contributed by atoms with Gasteiger partial charge in [0.25, 0.3) is 0 Å². The van der Waals surface area contributed by atoms with Gasteiger partial charge < -0.3 is 4.90 Å². The molecule has 0 radical (unpaired) electrons. The Hall–Kier alpha value is -1.32. The van der Waals surface area contributed by atoms with Gasteiger partial charge in [0.2, 0.25) is 0 Å². The normalized spacial score (nSPS) is 10.9. The molecule has 1 nitrogen and oxygen atoms in total. The summed E-state index contributed by atoms with van der Waals surface area (Å²) in [6.07, 6.45) is 0. The smallest absolute Gasteiger partial charge is 0.0534 e. The minimum atomic E-state index is 0.947. The largest absolute Gasteiger partial charge is 0.366 e. The molecule has 0 saturated heterocycles. The second-order valence-corrected chi connectivity index (χ2v) is 6.56. The molecule has 3 rings (SSSR count). The molecule has 0 aliphatic heterocycles. The molecular formula is C17H16BrNS. The summed E-state index contributed by atoms with van der Waals surface area (Å²) >= 11 is 5.43. The molecule has 3 aromatic rings. The van der Waals surface area contributed by atoms with E-state index in [1.54, 1.807) is 11.3 Å². The molecule has 0 bridgehead atoms. The number of hydrogen-bond acceptors (Lipinski definition) is 2.